The first-order valence-corrected chi connectivity index (χ1v) is 6.61. The zero-order valence-electron chi connectivity index (χ0n) is 13.4. The lowest BCUT2D eigenvalue weighted by molar-refractivity contribution is -0.163. The molecule has 18 heavy (non-hydrogen) atoms. The first-order valence-electron chi connectivity index (χ1n) is 6.61. The molecule has 0 saturated heterocycles. The zero-order chi connectivity index (χ0) is 14.8. The van der Waals surface area contributed by atoms with Gasteiger partial charge in [0, 0.05) is 0 Å². The van der Waals surface area contributed by atoms with Gasteiger partial charge in [-0.3, -0.25) is 4.79 Å². The summed E-state index contributed by atoms with van der Waals surface area (Å²) in [6, 6.07) is 0. The SMILES string of the molecule is C=C(C)COC(=O)C(C)(CC(C)(C)C)C(C)(C)C. The van der Waals surface area contributed by atoms with Crippen molar-refractivity contribution >= 4 is 5.97 Å². The Balaban J connectivity index is 5.11. The van der Waals surface area contributed by atoms with E-state index in [9.17, 15) is 4.79 Å². The highest BCUT2D eigenvalue weighted by molar-refractivity contribution is 5.77. The Labute approximate surface area is 113 Å². The summed E-state index contributed by atoms with van der Waals surface area (Å²) in [4.78, 5) is 12.4. The zero-order valence-corrected chi connectivity index (χ0v) is 13.4. The summed E-state index contributed by atoms with van der Waals surface area (Å²) in [5.41, 5.74) is 0.340. The quantitative estimate of drug-likeness (QED) is 0.541. The minimum atomic E-state index is -0.485. The number of hydrogen-bond donors (Lipinski definition) is 0. The third-order valence-corrected chi connectivity index (χ3v) is 3.44. The monoisotopic (exact) mass is 254 g/mol. The van der Waals surface area contributed by atoms with Crippen molar-refractivity contribution in [2.75, 3.05) is 6.61 Å². The maximum Gasteiger partial charge on any atom is 0.312 e. The summed E-state index contributed by atoms with van der Waals surface area (Å²) in [5.74, 6) is -0.118. The maximum atomic E-state index is 12.4. The second kappa shape index (κ2) is 5.46. The van der Waals surface area contributed by atoms with Crippen LogP contribution in [0.2, 0.25) is 0 Å². The van der Waals surface area contributed by atoms with Gasteiger partial charge in [-0.15, -0.1) is 0 Å². The van der Waals surface area contributed by atoms with Crippen LogP contribution < -0.4 is 0 Å². The summed E-state index contributed by atoms with van der Waals surface area (Å²) < 4.78 is 5.40. The third-order valence-electron chi connectivity index (χ3n) is 3.44. The Morgan fingerprint density at radius 1 is 1.06 bits per heavy atom. The van der Waals surface area contributed by atoms with Crippen LogP contribution in [0.5, 0.6) is 0 Å². The Morgan fingerprint density at radius 2 is 1.50 bits per heavy atom. The molecule has 0 aromatic carbocycles. The number of esters is 1. The Kier molecular flexibility index (Phi) is 5.22. The van der Waals surface area contributed by atoms with E-state index in [1.54, 1.807) is 0 Å². The molecule has 0 aromatic rings. The van der Waals surface area contributed by atoms with E-state index in [2.05, 4.69) is 48.1 Å². The molecule has 2 heteroatoms. The Bertz CT molecular complexity index is 315. The highest BCUT2D eigenvalue weighted by Gasteiger charge is 2.47. The van der Waals surface area contributed by atoms with Gasteiger partial charge in [-0.2, -0.15) is 0 Å². The van der Waals surface area contributed by atoms with Crippen LogP contribution in [-0.2, 0) is 9.53 Å². The second-order valence-corrected chi connectivity index (χ2v) is 7.85. The van der Waals surface area contributed by atoms with Gasteiger partial charge in [-0.1, -0.05) is 48.1 Å². The van der Waals surface area contributed by atoms with Gasteiger partial charge in [0.25, 0.3) is 0 Å². The van der Waals surface area contributed by atoms with Crippen LogP contribution >= 0.6 is 0 Å². The molecule has 0 bridgehead atoms. The maximum absolute atomic E-state index is 12.4. The van der Waals surface area contributed by atoms with Crippen molar-refractivity contribution in [2.24, 2.45) is 16.2 Å². The molecule has 2 nitrogen and oxygen atoms in total. The number of carbonyl (C=O) groups excluding carboxylic acids is 1. The van der Waals surface area contributed by atoms with E-state index in [1.165, 1.54) is 0 Å². The molecular formula is C16H30O2. The van der Waals surface area contributed by atoms with Crippen molar-refractivity contribution in [2.45, 2.75) is 61.8 Å². The molecule has 0 aromatic heterocycles. The molecule has 0 saturated carbocycles. The largest absolute Gasteiger partial charge is 0.461 e. The van der Waals surface area contributed by atoms with Crippen LogP contribution in [0, 0.1) is 16.2 Å². The highest BCUT2D eigenvalue weighted by atomic mass is 16.5. The third kappa shape index (κ3) is 4.83. The topological polar surface area (TPSA) is 26.3 Å². The molecule has 0 aliphatic rings. The van der Waals surface area contributed by atoms with E-state index in [0.29, 0.717) is 6.61 Å². The van der Waals surface area contributed by atoms with Crippen molar-refractivity contribution in [3.05, 3.63) is 12.2 Å². The van der Waals surface area contributed by atoms with Crippen LogP contribution in [0.15, 0.2) is 12.2 Å². The standard InChI is InChI=1S/C16H30O2/c1-12(2)10-18-13(17)16(9,15(6,7)8)11-14(3,4)5/h1,10-11H2,2-9H3. The molecule has 0 fully saturated rings. The van der Waals surface area contributed by atoms with E-state index in [0.717, 1.165) is 12.0 Å². The first-order chi connectivity index (χ1) is 7.79. The van der Waals surface area contributed by atoms with E-state index >= 15 is 0 Å². The molecule has 0 spiro atoms. The van der Waals surface area contributed by atoms with E-state index in [4.69, 9.17) is 4.74 Å². The van der Waals surface area contributed by atoms with Crippen molar-refractivity contribution in [1.82, 2.24) is 0 Å². The highest BCUT2D eigenvalue weighted by Crippen LogP contribution is 2.47. The number of rotatable bonds is 4. The van der Waals surface area contributed by atoms with Gasteiger partial charge >= 0.3 is 5.97 Å². The van der Waals surface area contributed by atoms with Crippen molar-refractivity contribution in [3.8, 4) is 0 Å². The molecule has 0 amide bonds. The summed E-state index contributed by atoms with van der Waals surface area (Å²) in [6.07, 6.45) is 0.804. The number of carbonyl (C=O) groups is 1. The number of hydrogen-bond acceptors (Lipinski definition) is 2. The lowest BCUT2D eigenvalue weighted by atomic mass is 9.61. The fourth-order valence-electron chi connectivity index (χ4n) is 2.05. The summed E-state index contributed by atoms with van der Waals surface area (Å²) >= 11 is 0. The second-order valence-electron chi connectivity index (χ2n) is 7.85. The van der Waals surface area contributed by atoms with Gasteiger partial charge in [0.15, 0.2) is 0 Å². The average Bonchev–Trinajstić information content (AvgIpc) is 2.09. The Hall–Kier alpha value is -0.790. The molecule has 0 rings (SSSR count). The lowest BCUT2D eigenvalue weighted by Crippen LogP contribution is -2.44. The minimum Gasteiger partial charge on any atom is -0.461 e. The van der Waals surface area contributed by atoms with E-state index < -0.39 is 5.41 Å². The smallest absolute Gasteiger partial charge is 0.312 e. The lowest BCUT2D eigenvalue weighted by Gasteiger charge is -2.43. The molecule has 0 aliphatic heterocycles. The fourth-order valence-corrected chi connectivity index (χ4v) is 2.05. The molecule has 0 N–H and O–H groups in total. The molecule has 0 aliphatic carbocycles. The molecule has 1 unspecified atom stereocenters. The van der Waals surface area contributed by atoms with Crippen molar-refractivity contribution < 1.29 is 9.53 Å². The van der Waals surface area contributed by atoms with Gasteiger partial charge in [-0.25, -0.2) is 0 Å². The summed E-state index contributed by atoms with van der Waals surface area (Å²) in [5, 5.41) is 0. The average molecular weight is 254 g/mol. The first kappa shape index (κ1) is 17.2. The van der Waals surface area contributed by atoms with Crippen LogP contribution in [0.3, 0.4) is 0 Å². The predicted molar refractivity (Wildman–Crippen MR) is 77.4 cm³/mol. The normalized spacial score (nSPS) is 16.0. The van der Waals surface area contributed by atoms with Gasteiger partial charge in [-0.05, 0) is 36.7 Å². The summed E-state index contributed by atoms with van der Waals surface area (Å²) in [7, 11) is 0. The van der Waals surface area contributed by atoms with Crippen LogP contribution in [0.1, 0.15) is 61.8 Å². The van der Waals surface area contributed by atoms with Crippen molar-refractivity contribution in [3.63, 3.8) is 0 Å². The summed E-state index contributed by atoms with van der Waals surface area (Å²) in [6.45, 7) is 20.7. The van der Waals surface area contributed by atoms with Crippen LogP contribution in [0.25, 0.3) is 0 Å². The van der Waals surface area contributed by atoms with E-state index in [-0.39, 0.29) is 16.8 Å². The molecule has 0 radical (unpaired) electrons. The molecule has 106 valence electrons. The predicted octanol–water partition coefficient (Wildman–Crippen LogP) is 4.59. The Morgan fingerprint density at radius 3 is 1.78 bits per heavy atom. The number of ether oxygens (including phenoxy) is 1. The minimum absolute atomic E-state index is 0.0876. The molecule has 1 atom stereocenters. The van der Waals surface area contributed by atoms with Crippen molar-refractivity contribution in [1.29, 1.82) is 0 Å². The molecular weight excluding hydrogens is 224 g/mol. The van der Waals surface area contributed by atoms with Gasteiger partial charge in [0.2, 0.25) is 0 Å². The van der Waals surface area contributed by atoms with E-state index in [1.807, 2.05) is 13.8 Å². The van der Waals surface area contributed by atoms with Gasteiger partial charge in [0.1, 0.15) is 6.61 Å². The van der Waals surface area contributed by atoms with Crippen LogP contribution in [0.4, 0.5) is 0 Å². The van der Waals surface area contributed by atoms with Gasteiger partial charge in [0.05, 0.1) is 5.41 Å². The fraction of sp³-hybridized carbons (Fsp3) is 0.812. The van der Waals surface area contributed by atoms with Crippen LogP contribution in [-0.4, -0.2) is 12.6 Å². The van der Waals surface area contributed by atoms with Gasteiger partial charge < -0.3 is 4.74 Å². The molecule has 0 heterocycles.